The molecular formula is C13H22F3N3O2. The number of alkyl halides is 3. The Morgan fingerprint density at radius 1 is 1.19 bits per heavy atom. The number of carbonyl (C=O) groups excluding carboxylic acids is 1. The maximum Gasteiger partial charge on any atom is 0.403 e. The Morgan fingerprint density at radius 3 is 2.19 bits per heavy atom. The van der Waals surface area contributed by atoms with Crippen LogP contribution in [0.2, 0.25) is 0 Å². The van der Waals surface area contributed by atoms with Gasteiger partial charge in [-0.05, 0) is 19.8 Å². The molecule has 2 rings (SSSR count). The summed E-state index contributed by atoms with van der Waals surface area (Å²) in [6.45, 7) is 3.08. The van der Waals surface area contributed by atoms with Gasteiger partial charge in [0, 0.05) is 39.4 Å². The zero-order valence-corrected chi connectivity index (χ0v) is 12.2. The van der Waals surface area contributed by atoms with Gasteiger partial charge in [-0.25, -0.2) is 0 Å². The summed E-state index contributed by atoms with van der Waals surface area (Å²) < 4.78 is 43.3. The zero-order valence-electron chi connectivity index (χ0n) is 12.2. The second kappa shape index (κ2) is 6.10. The first-order chi connectivity index (χ1) is 9.74. The van der Waals surface area contributed by atoms with Crippen LogP contribution < -0.4 is 5.73 Å². The van der Waals surface area contributed by atoms with Crippen molar-refractivity contribution in [3.63, 3.8) is 0 Å². The molecule has 0 bridgehead atoms. The number of rotatable bonds is 2. The molecule has 1 atom stereocenters. The molecule has 2 heterocycles. The zero-order chi connectivity index (χ0) is 15.7. The highest BCUT2D eigenvalue weighted by Gasteiger charge is 2.43. The van der Waals surface area contributed by atoms with Crippen LogP contribution in [0.3, 0.4) is 0 Å². The Balaban J connectivity index is 1.90. The summed E-state index contributed by atoms with van der Waals surface area (Å²) in [7, 11) is 0. The average molecular weight is 309 g/mol. The maximum absolute atomic E-state index is 12.7. The monoisotopic (exact) mass is 309 g/mol. The second-order valence-electron chi connectivity index (χ2n) is 5.81. The molecule has 0 spiro atoms. The lowest BCUT2D eigenvalue weighted by atomic mass is 9.89. The Labute approximate surface area is 122 Å². The van der Waals surface area contributed by atoms with Crippen LogP contribution in [0, 0.1) is 0 Å². The fraction of sp³-hybridized carbons (Fsp3) is 0.923. The van der Waals surface area contributed by atoms with Gasteiger partial charge in [0.15, 0.2) is 0 Å². The van der Waals surface area contributed by atoms with Gasteiger partial charge in [-0.3, -0.25) is 9.69 Å². The molecule has 1 amide bonds. The standard InChI is InChI=1S/C13H22F3N3O2/c1-10(13(14,15)16)18-4-6-19(7-5-18)11(20)12(17)2-8-21-9-3-12/h10H,2-9,17H2,1H3. The summed E-state index contributed by atoms with van der Waals surface area (Å²) in [5.41, 5.74) is 5.21. The molecule has 0 aromatic carbocycles. The summed E-state index contributed by atoms with van der Waals surface area (Å²) in [5, 5.41) is 0. The van der Waals surface area contributed by atoms with E-state index in [1.165, 1.54) is 4.90 Å². The third-order valence-corrected chi connectivity index (χ3v) is 4.43. The van der Waals surface area contributed by atoms with Crippen LogP contribution in [0.15, 0.2) is 0 Å². The minimum absolute atomic E-state index is 0.162. The molecule has 2 aliphatic heterocycles. The fourth-order valence-electron chi connectivity index (χ4n) is 2.78. The Kier molecular flexibility index (Phi) is 4.79. The Hall–Kier alpha value is -0.860. The quantitative estimate of drug-likeness (QED) is 0.811. The van der Waals surface area contributed by atoms with Gasteiger partial charge in [-0.15, -0.1) is 0 Å². The lowest BCUT2D eigenvalue weighted by molar-refractivity contribution is -0.183. The van der Waals surface area contributed by atoms with E-state index < -0.39 is 17.8 Å². The normalized spacial score (nSPS) is 25.7. The highest BCUT2D eigenvalue weighted by molar-refractivity contribution is 5.86. The number of piperazine rings is 1. The van der Waals surface area contributed by atoms with E-state index in [0.29, 0.717) is 39.1 Å². The lowest BCUT2D eigenvalue weighted by Gasteiger charge is -2.42. The van der Waals surface area contributed by atoms with Crippen molar-refractivity contribution in [3.8, 4) is 0 Å². The SMILES string of the molecule is CC(N1CCN(C(=O)C2(N)CCOCC2)CC1)C(F)(F)F. The van der Waals surface area contributed by atoms with Crippen molar-refractivity contribution in [3.05, 3.63) is 0 Å². The summed E-state index contributed by atoms with van der Waals surface area (Å²) in [6.07, 6.45) is -3.31. The minimum Gasteiger partial charge on any atom is -0.381 e. The summed E-state index contributed by atoms with van der Waals surface area (Å²) in [6, 6.07) is -1.48. The van der Waals surface area contributed by atoms with Crippen molar-refractivity contribution in [2.24, 2.45) is 5.73 Å². The molecule has 122 valence electrons. The molecule has 2 fully saturated rings. The number of nitrogens with two attached hydrogens (primary N) is 1. The molecule has 8 heteroatoms. The molecular weight excluding hydrogens is 287 g/mol. The molecule has 2 saturated heterocycles. The van der Waals surface area contributed by atoms with E-state index in [1.807, 2.05) is 0 Å². The van der Waals surface area contributed by atoms with Crippen LogP contribution in [0.25, 0.3) is 0 Å². The van der Waals surface area contributed by atoms with Gasteiger partial charge in [0.05, 0.1) is 5.54 Å². The van der Waals surface area contributed by atoms with Gasteiger partial charge >= 0.3 is 6.18 Å². The van der Waals surface area contributed by atoms with Crippen LogP contribution >= 0.6 is 0 Å². The molecule has 0 aromatic heterocycles. The average Bonchev–Trinajstić information content (AvgIpc) is 2.46. The highest BCUT2D eigenvalue weighted by atomic mass is 19.4. The Bertz CT molecular complexity index is 375. The van der Waals surface area contributed by atoms with Crippen LogP contribution in [-0.4, -0.2) is 72.9 Å². The van der Waals surface area contributed by atoms with E-state index in [0.717, 1.165) is 6.92 Å². The largest absolute Gasteiger partial charge is 0.403 e. The van der Waals surface area contributed by atoms with Gasteiger partial charge in [0.1, 0.15) is 6.04 Å². The van der Waals surface area contributed by atoms with Gasteiger partial charge in [-0.2, -0.15) is 13.2 Å². The molecule has 21 heavy (non-hydrogen) atoms. The van der Waals surface area contributed by atoms with Gasteiger partial charge < -0.3 is 15.4 Å². The van der Waals surface area contributed by atoms with Gasteiger partial charge in [-0.1, -0.05) is 0 Å². The summed E-state index contributed by atoms with van der Waals surface area (Å²) >= 11 is 0. The molecule has 0 radical (unpaired) electrons. The van der Waals surface area contributed by atoms with Crippen molar-refractivity contribution >= 4 is 5.91 Å². The van der Waals surface area contributed by atoms with Gasteiger partial charge in [0.2, 0.25) is 5.91 Å². The molecule has 5 nitrogen and oxygen atoms in total. The molecule has 1 unspecified atom stereocenters. The first-order valence-electron chi connectivity index (χ1n) is 7.21. The minimum atomic E-state index is -4.23. The van der Waals surface area contributed by atoms with Crippen molar-refractivity contribution in [1.82, 2.24) is 9.80 Å². The van der Waals surface area contributed by atoms with Crippen LogP contribution in [0.5, 0.6) is 0 Å². The maximum atomic E-state index is 12.7. The first-order valence-corrected chi connectivity index (χ1v) is 7.21. The van der Waals surface area contributed by atoms with Gasteiger partial charge in [0.25, 0.3) is 0 Å². The van der Waals surface area contributed by atoms with E-state index in [9.17, 15) is 18.0 Å². The predicted octanol–water partition coefficient (Wildman–Crippen LogP) is 0.589. The number of carbonyl (C=O) groups is 1. The number of halogens is 3. The molecule has 2 N–H and O–H groups in total. The predicted molar refractivity (Wildman–Crippen MR) is 70.6 cm³/mol. The summed E-state index contributed by atoms with van der Waals surface area (Å²) in [4.78, 5) is 15.4. The smallest absolute Gasteiger partial charge is 0.381 e. The van der Waals surface area contributed by atoms with E-state index in [2.05, 4.69) is 0 Å². The molecule has 0 aromatic rings. The number of amides is 1. The third-order valence-electron chi connectivity index (χ3n) is 4.43. The van der Waals surface area contributed by atoms with Crippen LogP contribution in [-0.2, 0) is 9.53 Å². The van der Waals surface area contributed by atoms with E-state index >= 15 is 0 Å². The number of nitrogens with zero attached hydrogens (tertiary/aromatic N) is 2. The third kappa shape index (κ3) is 3.67. The number of hydrogen-bond acceptors (Lipinski definition) is 4. The fourth-order valence-corrected chi connectivity index (χ4v) is 2.78. The van der Waals surface area contributed by atoms with Crippen molar-refractivity contribution < 1.29 is 22.7 Å². The molecule has 0 aliphatic carbocycles. The summed E-state index contributed by atoms with van der Waals surface area (Å²) in [5.74, 6) is -0.162. The van der Waals surface area contributed by atoms with Crippen molar-refractivity contribution in [2.75, 3.05) is 39.4 Å². The van der Waals surface area contributed by atoms with Crippen LogP contribution in [0.1, 0.15) is 19.8 Å². The van der Waals surface area contributed by atoms with Crippen LogP contribution in [0.4, 0.5) is 13.2 Å². The van der Waals surface area contributed by atoms with Crippen molar-refractivity contribution in [2.45, 2.75) is 37.5 Å². The topological polar surface area (TPSA) is 58.8 Å². The number of hydrogen-bond donors (Lipinski definition) is 1. The number of ether oxygens (including phenoxy) is 1. The van der Waals surface area contributed by atoms with E-state index in [1.54, 1.807) is 4.90 Å². The lowest BCUT2D eigenvalue weighted by Crippen LogP contribution is -2.62. The first kappa shape index (κ1) is 16.5. The molecule has 0 saturated carbocycles. The Morgan fingerprint density at radius 2 is 1.71 bits per heavy atom. The molecule has 2 aliphatic rings. The van der Waals surface area contributed by atoms with Crippen molar-refractivity contribution in [1.29, 1.82) is 0 Å². The van der Waals surface area contributed by atoms with E-state index in [-0.39, 0.29) is 19.0 Å². The second-order valence-corrected chi connectivity index (χ2v) is 5.81. The van der Waals surface area contributed by atoms with E-state index in [4.69, 9.17) is 10.5 Å². The highest BCUT2D eigenvalue weighted by Crippen LogP contribution is 2.26.